The van der Waals surface area contributed by atoms with Gasteiger partial charge in [0.1, 0.15) is 11.0 Å². The molecule has 0 aliphatic carbocycles. The standard InChI is InChI=1S/C24H26N4O6S/c1-2-32-20-13-16(9-10-19(20)33-15-22(30)28-11-4-3-5-12-28)24(31)34-14-21(29)25-17-7-6-8-18-23(17)27-35-26-18/h6-10,13H,2-5,11-12,14-15H2,1H3,(H,25,29). The first-order valence-electron chi connectivity index (χ1n) is 11.4. The number of aromatic nitrogens is 2. The summed E-state index contributed by atoms with van der Waals surface area (Å²) in [5.74, 6) is -0.589. The van der Waals surface area contributed by atoms with E-state index in [0.717, 1.165) is 44.1 Å². The van der Waals surface area contributed by atoms with Crippen molar-refractivity contribution in [2.24, 2.45) is 0 Å². The minimum atomic E-state index is -0.689. The summed E-state index contributed by atoms with van der Waals surface area (Å²) < 4.78 is 24.7. The van der Waals surface area contributed by atoms with Crippen LogP contribution in [0, 0.1) is 0 Å². The van der Waals surface area contributed by atoms with Gasteiger partial charge in [-0.3, -0.25) is 9.59 Å². The molecule has 0 spiro atoms. The van der Waals surface area contributed by atoms with E-state index in [-0.39, 0.29) is 18.1 Å². The normalized spacial score (nSPS) is 13.3. The number of nitrogens with zero attached hydrogens (tertiary/aromatic N) is 3. The van der Waals surface area contributed by atoms with Crippen LogP contribution in [0.2, 0.25) is 0 Å². The second-order valence-electron chi connectivity index (χ2n) is 7.89. The zero-order valence-electron chi connectivity index (χ0n) is 19.3. The summed E-state index contributed by atoms with van der Waals surface area (Å²) in [6.45, 7) is 3.05. The molecule has 4 rings (SSSR count). The molecule has 0 saturated carbocycles. The third-order valence-corrected chi connectivity index (χ3v) is 5.98. The van der Waals surface area contributed by atoms with E-state index >= 15 is 0 Å². The summed E-state index contributed by atoms with van der Waals surface area (Å²) in [7, 11) is 0. The lowest BCUT2D eigenvalue weighted by molar-refractivity contribution is -0.134. The first-order chi connectivity index (χ1) is 17.0. The van der Waals surface area contributed by atoms with Crippen LogP contribution in [0.4, 0.5) is 5.69 Å². The van der Waals surface area contributed by atoms with Crippen LogP contribution in [-0.4, -0.2) is 64.3 Å². The summed E-state index contributed by atoms with van der Waals surface area (Å²) >= 11 is 1.05. The number of benzene rings is 2. The molecule has 0 atom stereocenters. The van der Waals surface area contributed by atoms with E-state index in [4.69, 9.17) is 14.2 Å². The van der Waals surface area contributed by atoms with Crippen molar-refractivity contribution in [2.45, 2.75) is 26.2 Å². The largest absolute Gasteiger partial charge is 0.490 e. The zero-order valence-corrected chi connectivity index (χ0v) is 20.1. The van der Waals surface area contributed by atoms with E-state index in [1.165, 1.54) is 12.1 Å². The van der Waals surface area contributed by atoms with Crippen LogP contribution < -0.4 is 14.8 Å². The number of piperidine rings is 1. The molecule has 11 heteroatoms. The second kappa shape index (κ2) is 11.6. The van der Waals surface area contributed by atoms with Crippen molar-refractivity contribution in [1.29, 1.82) is 0 Å². The first kappa shape index (κ1) is 24.4. The maximum Gasteiger partial charge on any atom is 0.338 e. The van der Waals surface area contributed by atoms with Gasteiger partial charge in [-0.1, -0.05) is 6.07 Å². The first-order valence-corrected chi connectivity index (χ1v) is 12.1. The SMILES string of the molecule is CCOc1cc(C(=O)OCC(=O)Nc2cccc3nsnc23)ccc1OCC(=O)N1CCCCC1. The Morgan fingerprint density at radius 1 is 1.00 bits per heavy atom. The summed E-state index contributed by atoms with van der Waals surface area (Å²) in [5.41, 5.74) is 1.94. The molecule has 1 aliphatic rings. The lowest BCUT2D eigenvalue weighted by Gasteiger charge is -2.26. The van der Waals surface area contributed by atoms with E-state index in [2.05, 4.69) is 14.1 Å². The van der Waals surface area contributed by atoms with E-state index < -0.39 is 18.5 Å². The van der Waals surface area contributed by atoms with Gasteiger partial charge in [-0.15, -0.1) is 0 Å². The van der Waals surface area contributed by atoms with Gasteiger partial charge in [0.15, 0.2) is 24.7 Å². The molecule has 0 bridgehead atoms. The molecule has 1 N–H and O–H groups in total. The molecule has 2 heterocycles. The number of hydrogen-bond donors (Lipinski definition) is 1. The van der Waals surface area contributed by atoms with Crippen LogP contribution in [-0.2, 0) is 14.3 Å². The Balaban J connectivity index is 1.33. The van der Waals surface area contributed by atoms with Crippen molar-refractivity contribution in [3.05, 3.63) is 42.0 Å². The highest BCUT2D eigenvalue weighted by atomic mass is 32.1. The Bertz CT molecular complexity index is 1210. The van der Waals surface area contributed by atoms with Gasteiger partial charge in [-0.25, -0.2) is 4.79 Å². The summed E-state index contributed by atoms with van der Waals surface area (Å²) in [4.78, 5) is 39.0. The Kier molecular flexibility index (Phi) is 8.09. The number of rotatable bonds is 9. The predicted molar refractivity (Wildman–Crippen MR) is 130 cm³/mol. The van der Waals surface area contributed by atoms with Crippen LogP contribution >= 0.6 is 11.7 Å². The molecule has 35 heavy (non-hydrogen) atoms. The van der Waals surface area contributed by atoms with Crippen molar-refractivity contribution in [3.63, 3.8) is 0 Å². The Hall–Kier alpha value is -3.73. The number of carbonyl (C=O) groups is 3. The van der Waals surface area contributed by atoms with Crippen LogP contribution in [0.1, 0.15) is 36.5 Å². The number of esters is 1. The van der Waals surface area contributed by atoms with Crippen molar-refractivity contribution >= 4 is 46.2 Å². The molecule has 1 aliphatic heterocycles. The molecule has 2 aromatic carbocycles. The van der Waals surface area contributed by atoms with Gasteiger partial charge >= 0.3 is 5.97 Å². The number of ether oxygens (including phenoxy) is 3. The van der Waals surface area contributed by atoms with Crippen LogP contribution in [0.3, 0.4) is 0 Å². The second-order valence-corrected chi connectivity index (χ2v) is 8.41. The van der Waals surface area contributed by atoms with Crippen LogP contribution in [0.15, 0.2) is 36.4 Å². The molecular weight excluding hydrogens is 472 g/mol. The Morgan fingerprint density at radius 3 is 2.63 bits per heavy atom. The molecule has 0 radical (unpaired) electrons. The molecule has 1 saturated heterocycles. The fourth-order valence-corrected chi connectivity index (χ4v) is 4.25. The monoisotopic (exact) mass is 498 g/mol. The summed E-state index contributed by atoms with van der Waals surface area (Å²) in [6.07, 6.45) is 3.14. The lowest BCUT2D eigenvalue weighted by atomic mass is 10.1. The molecule has 3 aromatic rings. The van der Waals surface area contributed by atoms with Crippen molar-refractivity contribution in [1.82, 2.24) is 13.6 Å². The van der Waals surface area contributed by atoms with Crippen LogP contribution in [0.25, 0.3) is 11.0 Å². The molecule has 1 aromatic heterocycles. The number of carbonyl (C=O) groups excluding carboxylic acids is 3. The minimum Gasteiger partial charge on any atom is -0.490 e. The highest BCUT2D eigenvalue weighted by Gasteiger charge is 2.19. The maximum atomic E-state index is 12.5. The molecular formula is C24H26N4O6S. The smallest absolute Gasteiger partial charge is 0.338 e. The van der Waals surface area contributed by atoms with Gasteiger partial charge in [0.25, 0.3) is 11.8 Å². The van der Waals surface area contributed by atoms with Crippen molar-refractivity contribution in [3.8, 4) is 11.5 Å². The number of nitrogens with one attached hydrogen (secondary N) is 1. The fraction of sp³-hybridized carbons (Fsp3) is 0.375. The van der Waals surface area contributed by atoms with Crippen molar-refractivity contribution < 1.29 is 28.6 Å². The zero-order chi connectivity index (χ0) is 24.6. The van der Waals surface area contributed by atoms with Crippen LogP contribution in [0.5, 0.6) is 11.5 Å². The topological polar surface area (TPSA) is 120 Å². The van der Waals surface area contributed by atoms with Gasteiger partial charge in [0.2, 0.25) is 0 Å². The molecule has 0 unspecified atom stereocenters. The molecule has 184 valence electrons. The van der Waals surface area contributed by atoms with Gasteiger partial charge in [-0.2, -0.15) is 8.75 Å². The van der Waals surface area contributed by atoms with Gasteiger partial charge < -0.3 is 24.4 Å². The highest BCUT2D eigenvalue weighted by molar-refractivity contribution is 7.00. The lowest BCUT2D eigenvalue weighted by Crippen LogP contribution is -2.38. The van der Waals surface area contributed by atoms with Crippen molar-refractivity contribution in [2.75, 3.05) is 38.2 Å². The third-order valence-electron chi connectivity index (χ3n) is 5.43. The Labute approximate surface area is 206 Å². The highest BCUT2D eigenvalue weighted by Crippen LogP contribution is 2.29. The van der Waals surface area contributed by atoms with Gasteiger partial charge in [-0.05, 0) is 56.5 Å². The summed E-state index contributed by atoms with van der Waals surface area (Å²) in [6, 6.07) is 9.79. The molecule has 2 amide bonds. The van der Waals surface area contributed by atoms with E-state index in [0.29, 0.717) is 34.8 Å². The predicted octanol–water partition coefficient (Wildman–Crippen LogP) is 3.28. The molecule has 1 fully saturated rings. The van der Waals surface area contributed by atoms with E-state index in [1.54, 1.807) is 36.1 Å². The third kappa shape index (κ3) is 6.24. The maximum absolute atomic E-state index is 12.5. The average molecular weight is 499 g/mol. The van der Waals surface area contributed by atoms with Gasteiger partial charge in [0, 0.05) is 13.1 Å². The van der Waals surface area contributed by atoms with E-state index in [9.17, 15) is 14.4 Å². The minimum absolute atomic E-state index is 0.0780. The fourth-order valence-electron chi connectivity index (χ4n) is 3.70. The Morgan fingerprint density at radius 2 is 1.83 bits per heavy atom. The average Bonchev–Trinajstić information content (AvgIpc) is 3.37. The number of fused-ring (bicyclic) bond motifs is 1. The number of hydrogen-bond acceptors (Lipinski definition) is 9. The number of likely N-dealkylation sites (tertiary alicyclic amines) is 1. The number of amides is 2. The van der Waals surface area contributed by atoms with E-state index in [1.807, 2.05) is 0 Å². The van der Waals surface area contributed by atoms with Gasteiger partial charge in [0.05, 0.1) is 29.6 Å². The quantitative estimate of drug-likeness (QED) is 0.447. The summed E-state index contributed by atoms with van der Waals surface area (Å²) in [5, 5.41) is 2.68. The number of anilines is 1. The molecule has 10 nitrogen and oxygen atoms in total.